The summed E-state index contributed by atoms with van der Waals surface area (Å²) in [5.74, 6) is -5.14. The number of ether oxygens (including phenoxy) is 8. The van der Waals surface area contributed by atoms with Crippen LogP contribution >= 0.6 is 11.6 Å². The van der Waals surface area contributed by atoms with Gasteiger partial charge in [-0.25, -0.2) is 19.2 Å². The number of Topliss-reactive ketones (excluding diaryl/α,β-unsaturated/α-hetero) is 3. The molecule has 0 bridgehead atoms. The number of urea groups is 1. The third-order valence-corrected chi connectivity index (χ3v) is 17.8. The fraction of sp³-hybridized carbons (Fsp3) is 0.529. The molecule has 0 spiro atoms. The summed E-state index contributed by atoms with van der Waals surface area (Å²) in [5, 5.41) is 26.6. The number of methoxy groups -OCH3 is 2. The minimum absolute atomic E-state index is 0.00238. The summed E-state index contributed by atoms with van der Waals surface area (Å²) in [6, 6.07) is 9.44. The molecule has 29 nitrogen and oxygen atoms in total. The number of fused-ring (bicyclic) bond motifs is 4. The summed E-state index contributed by atoms with van der Waals surface area (Å²) in [6.45, 7) is 7.83. The van der Waals surface area contributed by atoms with E-state index in [4.69, 9.17) is 55.2 Å². The Kier molecular flexibility index (Phi) is 29.6. The maximum Gasteiger partial charge on any atom is 0.415 e. The number of hydrogen-bond donors (Lipinski definition) is 6. The van der Waals surface area contributed by atoms with Crippen LogP contribution in [0.2, 0.25) is 0 Å². The van der Waals surface area contributed by atoms with Crippen molar-refractivity contribution in [2.75, 3.05) is 125 Å². The molecule has 1 aliphatic carbocycles. The minimum Gasteiger partial charge on any atom is -0.504 e. The van der Waals surface area contributed by atoms with E-state index in [1.807, 2.05) is 13.8 Å². The molecular weight excluding hydrogens is 1320 g/mol. The number of alkyl halides is 1. The molecule has 1 aromatic heterocycles. The van der Waals surface area contributed by atoms with Crippen LogP contribution in [-0.2, 0) is 81.4 Å². The maximum atomic E-state index is 14.4. The van der Waals surface area contributed by atoms with Crippen LogP contribution in [-0.4, -0.2) is 221 Å². The highest BCUT2D eigenvalue weighted by molar-refractivity contribution is 6.20. The lowest BCUT2D eigenvalue weighted by molar-refractivity contribution is -0.139. The SMILES string of the molecule is COC(=O)c1cc2c3c(cc(OC(=O)N(C)CCN(C)C(=O)OCc4ccc(CC(=O)[C@H](CCCNC(N)=O)NC(=O)[C@@H](CC(=O)CCOCCOCCOCCOCCCC(=O)CCN5C(=O)CC(C)C5=O)C(C)C)cc4)c2[nH]1)N(C(=O)C1=Cc2cc(O)c(O)c(OC)c2C1)C[C@H]3CCl. The summed E-state index contributed by atoms with van der Waals surface area (Å²) in [4.78, 5) is 151. The summed E-state index contributed by atoms with van der Waals surface area (Å²) in [6.07, 6.45) is 1.62. The molecule has 4 aromatic rings. The first-order valence-corrected chi connectivity index (χ1v) is 33.8. The number of carbonyl (C=O) groups is 11. The van der Waals surface area contributed by atoms with Crippen molar-refractivity contribution in [3.05, 3.63) is 81.5 Å². The maximum absolute atomic E-state index is 14.4. The number of aromatic hydroxyl groups is 2. The number of ketones is 3. The number of hydrogen-bond acceptors (Lipinski definition) is 21. The Balaban J connectivity index is 0.817. The summed E-state index contributed by atoms with van der Waals surface area (Å²) >= 11 is 6.53. The minimum atomic E-state index is -0.971. The normalized spacial score (nSPS) is 15.3. The Labute approximate surface area is 584 Å². The number of nitrogens with two attached hydrogens (primary N) is 1. The molecule has 3 heterocycles. The molecule has 3 aliphatic rings. The number of imide groups is 1. The number of carbonyl (C=O) groups excluding carboxylic acids is 11. The Morgan fingerprint density at radius 2 is 1.46 bits per heavy atom. The van der Waals surface area contributed by atoms with Crippen molar-refractivity contribution in [2.24, 2.45) is 23.5 Å². The molecule has 2 aliphatic heterocycles. The second-order valence-corrected chi connectivity index (χ2v) is 25.4. The molecule has 544 valence electrons. The molecule has 7 rings (SSSR count). The van der Waals surface area contributed by atoms with Crippen LogP contribution < -0.4 is 30.7 Å². The number of benzene rings is 3. The number of H-pyrrole nitrogens is 1. The first-order chi connectivity index (χ1) is 47.8. The molecule has 4 atom stereocenters. The van der Waals surface area contributed by atoms with E-state index in [1.54, 1.807) is 43.3 Å². The Bertz CT molecular complexity index is 3650. The van der Waals surface area contributed by atoms with E-state index in [0.29, 0.717) is 96.8 Å². The lowest BCUT2D eigenvalue weighted by Gasteiger charge is -2.24. The van der Waals surface area contributed by atoms with E-state index < -0.39 is 65.4 Å². The monoisotopic (exact) mass is 1410 g/mol. The van der Waals surface area contributed by atoms with E-state index in [9.17, 15) is 63.0 Å². The van der Waals surface area contributed by atoms with E-state index in [2.05, 4.69) is 15.6 Å². The van der Waals surface area contributed by atoms with Gasteiger partial charge in [-0.3, -0.25) is 38.5 Å². The van der Waals surface area contributed by atoms with Crippen molar-refractivity contribution < 1.29 is 101 Å². The number of amides is 8. The molecule has 1 saturated heterocycles. The van der Waals surface area contributed by atoms with Crippen molar-refractivity contribution in [1.82, 2.24) is 30.3 Å². The van der Waals surface area contributed by atoms with Gasteiger partial charge < -0.3 is 84.2 Å². The fourth-order valence-corrected chi connectivity index (χ4v) is 12.0. The average Bonchev–Trinajstić information content (AvgIpc) is 1.58. The predicted molar refractivity (Wildman–Crippen MR) is 364 cm³/mol. The topological polar surface area (TPSA) is 381 Å². The molecule has 1 unspecified atom stereocenters. The number of primary amides is 1. The molecule has 7 N–H and O–H groups in total. The first-order valence-electron chi connectivity index (χ1n) is 33.3. The molecule has 8 amide bonds. The van der Waals surface area contributed by atoms with Crippen molar-refractivity contribution in [1.29, 1.82) is 0 Å². The van der Waals surface area contributed by atoms with Gasteiger partial charge in [-0.2, -0.15) is 0 Å². The summed E-state index contributed by atoms with van der Waals surface area (Å²) in [5.41, 5.74) is 9.07. The molecule has 0 saturated carbocycles. The lowest BCUT2D eigenvalue weighted by atomic mass is 9.88. The number of halogens is 1. The number of nitrogens with one attached hydrogen (secondary N) is 3. The highest BCUT2D eigenvalue weighted by Crippen LogP contribution is 2.49. The van der Waals surface area contributed by atoms with E-state index in [-0.39, 0.29) is 174 Å². The van der Waals surface area contributed by atoms with Gasteiger partial charge in [-0.15, -0.1) is 11.6 Å². The van der Waals surface area contributed by atoms with Gasteiger partial charge in [0, 0.05) is 145 Å². The molecule has 1 fully saturated rings. The van der Waals surface area contributed by atoms with Gasteiger partial charge in [-0.1, -0.05) is 45.0 Å². The number of aromatic amines is 1. The molecule has 3 aromatic carbocycles. The second kappa shape index (κ2) is 37.9. The zero-order valence-electron chi connectivity index (χ0n) is 57.6. The molecule has 0 radical (unpaired) electrons. The van der Waals surface area contributed by atoms with E-state index in [0.717, 1.165) is 0 Å². The van der Waals surface area contributed by atoms with Crippen LogP contribution in [0.1, 0.15) is 116 Å². The largest absolute Gasteiger partial charge is 0.504 e. The highest BCUT2D eigenvalue weighted by atomic mass is 35.5. The number of likely N-dealkylation sites (N-methyl/N-ethyl adjacent to an activating group) is 2. The quantitative estimate of drug-likeness (QED) is 0.00940. The van der Waals surface area contributed by atoms with Gasteiger partial charge in [0.2, 0.25) is 23.5 Å². The van der Waals surface area contributed by atoms with Crippen LogP contribution in [0.25, 0.3) is 17.0 Å². The zero-order chi connectivity index (χ0) is 72.7. The number of phenols is 2. The number of rotatable bonds is 41. The van der Waals surface area contributed by atoms with Crippen LogP contribution in [0.4, 0.5) is 20.1 Å². The van der Waals surface area contributed by atoms with Gasteiger partial charge >= 0.3 is 24.2 Å². The predicted octanol–water partition coefficient (Wildman–Crippen LogP) is 6.25. The Hall–Kier alpha value is -9.16. The number of esters is 1. The number of anilines is 1. The number of phenolic OH excluding ortho intramolecular Hbond substituents is 2. The van der Waals surface area contributed by atoms with Gasteiger partial charge in [0.1, 0.15) is 23.9 Å². The molecular formula is C70H91ClN8O21. The first kappa shape index (κ1) is 78.2. The molecule has 100 heavy (non-hydrogen) atoms. The summed E-state index contributed by atoms with van der Waals surface area (Å²) < 4.78 is 44.1. The van der Waals surface area contributed by atoms with Gasteiger partial charge in [0.25, 0.3) is 5.91 Å². The van der Waals surface area contributed by atoms with Gasteiger partial charge in [0.15, 0.2) is 23.0 Å². The lowest BCUT2D eigenvalue weighted by Crippen LogP contribution is -2.46. The third kappa shape index (κ3) is 21.4. The second-order valence-electron chi connectivity index (χ2n) is 25.1. The van der Waals surface area contributed by atoms with Gasteiger partial charge in [0.05, 0.1) is 77.7 Å². The average molecular weight is 1420 g/mol. The van der Waals surface area contributed by atoms with E-state index in [1.165, 1.54) is 60.0 Å². The van der Waals surface area contributed by atoms with Crippen molar-refractivity contribution in [3.63, 3.8) is 0 Å². The van der Waals surface area contributed by atoms with Gasteiger partial charge in [-0.05, 0) is 65.6 Å². The molecule has 30 heteroatoms. The van der Waals surface area contributed by atoms with Crippen LogP contribution in [0, 0.1) is 17.8 Å². The number of likely N-dealkylation sites (tertiary alicyclic amines) is 1. The summed E-state index contributed by atoms with van der Waals surface area (Å²) in [7, 11) is 5.50. The van der Waals surface area contributed by atoms with Crippen molar-refractivity contribution >= 4 is 99.4 Å². The fourth-order valence-electron chi connectivity index (χ4n) is 11.8. The van der Waals surface area contributed by atoms with Crippen LogP contribution in [0.15, 0.2) is 48.0 Å². The third-order valence-electron chi connectivity index (χ3n) is 17.5. The van der Waals surface area contributed by atoms with Crippen LogP contribution in [0.3, 0.4) is 0 Å². The van der Waals surface area contributed by atoms with E-state index >= 15 is 0 Å². The Morgan fingerprint density at radius 1 is 0.810 bits per heavy atom. The van der Waals surface area contributed by atoms with Crippen molar-refractivity contribution in [2.45, 2.75) is 104 Å². The standard InChI is InChI=1S/C70H91ClN8O21/c1-41(2)50(35-49(81)17-23-96-25-27-98-29-28-97-26-24-95-22-9-10-48(80)16-19-78-59(84)30-42(3)65(78)87)64(86)75-53(11-8-18-73-68(72)90)56(82)31-43-12-14-44(15-13-43)40-99-69(91)76(4)20-21-77(5)70(92)100-58-37-55-60(52-36-54(67(89)94-7)74-61(52)58)47(38-71)39-79(55)66(88)46-32-45-34-57(83)62(85)63(93-6)51(45)33-46/h12-15,32,34,36-37,41-42,47,50,53,74,83,85H,8-11,16-31,33,35,38-40H2,1-7H3,(H,75,86)(H3,72,73,90)/t42?,47-,50+,53+/m1/s1. The smallest absolute Gasteiger partial charge is 0.415 e. The number of nitrogens with zero attached hydrogens (tertiary/aromatic N) is 4. The zero-order valence-corrected chi connectivity index (χ0v) is 58.3. The Morgan fingerprint density at radius 3 is 2.08 bits per heavy atom. The number of aromatic nitrogens is 1. The van der Waals surface area contributed by atoms with Crippen molar-refractivity contribution in [3.8, 4) is 23.0 Å². The highest BCUT2D eigenvalue weighted by Gasteiger charge is 2.40. The van der Waals surface area contributed by atoms with Crippen LogP contribution in [0.5, 0.6) is 23.0 Å².